The topological polar surface area (TPSA) is 65.7 Å². The molecule has 0 saturated heterocycles. The lowest BCUT2D eigenvalue weighted by atomic mass is 10.1. The quantitative estimate of drug-likeness (QED) is 0.598. The van der Waals surface area contributed by atoms with Gasteiger partial charge in [-0.25, -0.2) is 4.98 Å². The summed E-state index contributed by atoms with van der Waals surface area (Å²) >= 11 is 0. The number of likely N-dealkylation sites (N-methyl/N-ethyl adjacent to an activating group) is 1. The van der Waals surface area contributed by atoms with Gasteiger partial charge in [-0.15, -0.1) is 0 Å². The van der Waals surface area contributed by atoms with Gasteiger partial charge in [0.15, 0.2) is 5.96 Å². The lowest BCUT2D eigenvalue weighted by Crippen LogP contribution is -2.41. The highest BCUT2D eigenvalue weighted by Gasteiger charge is 2.08. The summed E-state index contributed by atoms with van der Waals surface area (Å²) in [6.07, 6.45) is 1.68. The van der Waals surface area contributed by atoms with Gasteiger partial charge in [-0.2, -0.15) is 0 Å². The van der Waals surface area contributed by atoms with Gasteiger partial charge in [-0.1, -0.05) is 17.7 Å². The van der Waals surface area contributed by atoms with Crippen LogP contribution in [0.5, 0.6) is 0 Å². The van der Waals surface area contributed by atoms with Crippen molar-refractivity contribution in [2.24, 2.45) is 4.99 Å². The van der Waals surface area contributed by atoms with Gasteiger partial charge in [0, 0.05) is 31.7 Å². The number of guanidine groups is 1. The summed E-state index contributed by atoms with van der Waals surface area (Å²) in [6.45, 7) is 8.79. The standard InChI is InChI=1S/C19H29N5O/c1-14(2)24(5)11-10-21-19(20-4)22-12-17-13-25-18(23-17)16-8-6-15(3)7-9-16/h6-9,13-14H,10-12H2,1-5H3,(H2,20,21,22). The normalized spacial score (nSPS) is 12.0. The average molecular weight is 343 g/mol. The maximum atomic E-state index is 5.58. The second-order valence-corrected chi connectivity index (χ2v) is 6.44. The van der Waals surface area contributed by atoms with E-state index in [1.54, 1.807) is 13.3 Å². The van der Waals surface area contributed by atoms with Crippen LogP contribution >= 0.6 is 0 Å². The Morgan fingerprint density at radius 2 is 1.96 bits per heavy atom. The smallest absolute Gasteiger partial charge is 0.226 e. The predicted octanol–water partition coefficient (Wildman–Crippen LogP) is 2.66. The van der Waals surface area contributed by atoms with Crippen molar-refractivity contribution in [2.75, 3.05) is 27.2 Å². The fourth-order valence-corrected chi connectivity index (χ4v) is 2.22. The number of benzene rings is 1. The Balaban J connectivity index is 1.83. The number of nitrogens with one attached hydrogen (secondary N) is 2. The molecule has 0 radical (unpaired) electrons. The molecule has 6 heteroatoms. The molecule has 25 heavy (non-hydrogen) atoms. The molecule has 1 heterocycles. The average Bonchev–Trinajstić information content (AvgIpc) is 3.07. The summed E-state index contributed by atoms with van der Waals surface area (Å²) in [5.41, 5.74) is 3.05. The van der Waals surface area contributed by atoms with Crippen LogP contribution in [-0.2, 0) is 6.54 Å². The van der Waals surface area contributed by atoms with Gasteiger partial charge in [0.25, 0.3) is 0 Å². The first-order chi connectivity index (χ1) is 12.0. The number of aryl methyl sites for hydroxylation is 1. The Morgan fingerprint density at radius 1 is 1.24 bits per heavy atom. The van der Waals surface area contributed by atoms with Gasteiger partial charge in [-0.05, 0) is 40.0 Å². The number of hydrogen-bond acceptors (Lipinski definition) is 4. The lowest BCUT2D eigenvalue weighted by molar-refractivity contribution is 0.278. The van der Waals surface area contributed by atoms with Crippen molar-refractivity contribution in [3.63, 3.8) is 0 Å². The third-order valence-corrected chi connectivity index (χ3v) is 4.15. The number of rotatable bonds is 7. The number of aromatic nitrogens is 1. The van der Waals surface area contributed by atoms with Gasteiger partial charge < -0.3 is 20.0 Å². The zero-order valence-corrected chi connectivity index (χ0v) is 15.8. The van der Waals surface area contributed by atoms with E-state index >= 15 is 0 Å². The van der Waals surface area contributed by atoms with Gasteiger partial charge >= 0.3 is 0 Å². The summed E-state index contributed by atoms with van der Waals surface area (Å²) in [7, 11) is 3.88. The van der Waals surface area contributed by atoms with Crippen molar-refractivity contribution in [1.29, 1.82) is 0 Å². The Hall–Kier alpha value is -2.34. The summed E-state index contributed by atoms with van der Waals surface area (Å²) in [4.78, 5) is 11.0. The number of nitrogens with zero attached hydrogens (tertiary/aromatic N) is 3. The summed E-state index contributed by atoms with van der Waals surface area (Å²) in [5.74, 6) is 1.40. The van der Waals surface area contributed by atoms with Crippen LogP contribution in [0.25, 0.3) is 11.5 Å². The molecule has 1 aromatic carbocycles. The minimum atomic E-state index is 0.534. The van der Waals surface area contributed by atoms with Crippen molar-refractivity contribution < 1.29 is 4.42 Å². The predicted molar refractivity (Wildman–Crippen MR) is 103 cm³/mol. The van der Waals surface area contributed by atoms with Crippen molar-refractivity contribution in [3.05, 3.63) is 41.8 Å². The summed E-state index contributed by atoms with van der Waals surface area (Å²) in [5, 5.41) is 6.57. The lowest BCUT2D eigenvalue weighted by Gasteiger charge is -2.21. The van der Waals surface area contributed by atoms with E-state index in [4.69, 9.17) is 4.42 Å². The zero-order valence-electron chi connectivity index (χ0n) is 15.8. The largest absolute Gasteiger partial charge is 0.444 e. The van der Waals surface area contributed by atoms with E-state index in [1.807, 2.05) is 12.1 Å². The van der Waals surface area contributed by atoms with E-state index in [-0.39, 0.29) is 0 Å². The van der Waals surface area contributed by atoms with Crippen LogP contribution in [0.2, 0.25) is 0 Å². The first-order valence-corrected chi connectivity index (χ1v) is 8.65. The van der Waals surface area contributed by atoms with E-state index in [1.165, 1.54) is 5.56 Å². The molecule has 0 spiro atoms. The van der Waals surface area contributed by atoms with Crippen molar-refractivity contribution in [1.82, 2.24) is 20.5 Å². The van der Waals surface area contributed by atoms with E-state index in [0.717, 1.165) is 30.3 Å². The monoisotopic (exact) mass is 343 g/mol. The molecule has 1 aromatic heterocycles. The van der Waals surface area contributed by atoms with Crippen LogP contribution in [-0.4, -0.2) is 49.1 Å². The Labute approximate surface area is 150 Å². The molecule has 6 nitrogen and oxygen atoms in total. The van der Waals surface area contributed by atoms with Crippen LogP contribution in [0.1, 0.15) is 25.1 Å². The molecule has 0 unspecified atom stereocenters. The first-order valence-electron chi connectivity index (χ1n) is 8.65. The van der Waals surface area contributed by atoms with Crippen LogP contribution in [0.3, 0.4) is 0 Å². The molecule has 2 aromatic rings. The van der Waals surface area contributed by atoms with Crippen LogP contribution in [0.15, 0.2) is 39.9 Å². The van der Waals surface area contributed by atoms with Crippen molar-refractivity contribution in [3.8, 4) is 11.5 Å². The third kappa shape index (κ3) is 5.90. The van der Waals surface area contributed by atoms with Gasteiger partial charge in [0.1, 0.15) is 6.26 Å². The molecule has 0 aliphatic heterocycles. The molecule has 0 bridgehead atoms. The highest BCUT2D eigenvalue weighted by Crippen LogP contribution is 2.18. The second-order valence-electron chi connectivity index (χ2n) is 6.44. The molecule has 136 valence electrons. The Bertz CT molecular complexity index is 675. The van der Waals surface area contributed by atoms with Gasteiger partial charge in [0.05, 0.1) is 12.2 Å². The van der Waals surface area contributed by atoms with Crippen LogP contribution in [0, 0.1) is 6.92 Å². The third-order valence-electron chi connectivity index (χ3n) is 4.15. The van der Waals surface area contributed by atoms with E-state index in [9.17, 15) is 0 Å². The first kappa shape index (κ1) is 19.0. The summed E-state index contributed by atoms with van der Waals surface area (Å²) < 4.78 is 5.58. The zero-order chi connectivity index (χ0) is 18.2. The van der Waals surface area contributed by atoms with Gasteiger partial charge in [-0.3, -0.25) is 4.99 Å². The maximum absolute atomic E-state index is 5.58. The van der Waals surface area contributed by atoms with Gasteiger partial charge in [0.2, 0.25) is 5.89 Å². The minimum absolute atomic E-state index is 0.534. The molecule has 0 saturated carbocycles. The van der Waals surface area contributed by atoms with Crippen LogP contribution in [0.4, 0.5) is 0 Å². The molecular formula is C19H29N5O. The Morgan fingerprint density at radius 3 is 2.60 bits per heavy atom. The number of oxazole rings is 1. The van der Waals surface area contributed by atoms with Crippen LogP contribution < -0.4 is 10.6 Å². The molecule has 2 N–H and O–H groups in total. The minimum Gasteiger partial charge on any atom is -0.444 e. The second kappa shape index (κ2) is 9.22. The SMILES string of the molecule is CN=C(NCCN(C)C(C)C)NCc1coc(-c2ccc(C)cc2)n1. The molecule has 0 aliphatic carbocycles. The number of aliphatic imine (C=N–C) groups is 1. The molecule has 0 amide bonds. The molecule has 2 rings (SSSR count). The fraction of sp³-hybridized carbons (Fsp3) is 0.474. The van der Waals surface area contributed by atoms with E-state index in [0.29, 0.717) is 18.5 Å². The molecule has 0 fully saturated rings. The fourth-order valence-electron chi connectivity index (χ4n) is 2.22. The highest BCUT2D eigenvalue weighted by molar-refractivity contribution is 5.79. The van der Waals surface area contributed by atoms with Crippen molar-refractivity contribution in [2.45, 2.75) is 33.4 Å². The molecule has 0 atom stereocenters. The Kier molecular flexibility index (Phi) is 7.01. The summed E-state index contributed by atoms with van der Waals surface area (Å²) in [6, 6.07) is 8.68. The highest BCUT2D eigenvalue weighted by atomic mass is 16.3. The van der Waals surface area contributed by atoms with E-state index < -0.39 is 0 Å². The van der Waals surface area contributed by atoms with Crippen molar-refractivity contribution >= 4 is 5.96 Å². The molecule has 0 aliphatic rings. The maximum Gasteiger partial charge on any atom is 0.226 e. The van der Waals surface area contributed by atoms with E-state index in [2.05, 4.69) is 65.5 Å². The number of hydrogen-bond donors (Lipinski definition) is 2. The molecular weight excluding hydrogens is 314 g/mol.